The second-order valence-corrected chi connectivity index (χ2v) is 9.67. The van der Waals surface area contributed by atoms with Crippen molar-refractivity contribution in [3.8, 4) is 23.2 Å². The number of hydrogen-bond acceptors (Lipinski definition) is 7. The Hall–Kier alpha value is -5.35. The number of fused-ring (bicyclic) bond motifs is 1. The first-order valence-corrected chi connectivity index (χ1v) is 13.4. The van der Waals surface area contributed by atoms with Gasteiger partial charge >= 0.3 is 12.6 Å². The normalized spacial score (nSPS) is 11.2. The molecule has 0 spiro atoms. The van der Waals surface area contributed by atoms with Crippen molar-refractivity contribution in [3.05, 3.63) is 112 Å². The van der Waals surface area contributed by atoms with Crippen LogP contribution < -0.4 is 4.74 Å². The first kappa shape index (κ1) is 31.1. The van der Waals surface area contributed by atoms with Gasteiger partial charge in [-0.3, -0.25) is 0 Å². The molecule has 5 aromatic rings. The van der Waals surface area contributed by atoms with E-state index in [4.69, 9.17) is 14.7 Å². The monoisotopic (exact) mass is 622 g/mol. The standard InChI is InChI=1S/C32H23F5N4O4/c1-43-31(42)19-7-8-27-28(13-19)41(9-10-44-32(36)37)29(39-27)14-21-12-25(35)22(15-24(21)34)26-3-2-4-30(40-26)45-17-20-6-5-18(16-38)11-23(20)33/h2-8,11-13,15,32H,9-10,14,17H2,1H3. The number of aromatic nitrogens is 3. The number of methoxy groups -OCH3 is 1. The summed E-state index contributed by atoms with van der Waals surface area (Å²) in [5, 5.41) is 8.90. The number of rotatable bonds is 11. The maximum absolute atomic E-state index is 15.4. The molecule has 0 aliphatic carbocycles. The summed E-state index contributed by atoms with van der Waals surface area (Å²) >= 11 is 0. The van der Waals surface area contributed by atoms with E-state index in [2.05, 4.69) is 14.7 Å². The van der Waals surface area contributed by atoms with Crippen LogP contribution >= 0.6 is 0 Å². The zero-order chi connectivity index (χ0) is 32.1. The number of halogens is 5. The zero-order valence-corrected chi connectivity index (χ0v) is 23.6. The van der Waals surface area contributed by atoms with E-state index in [9.17, 15) is 18.0 Å². The highest BCUT2D eigenvalue weighted by molar-refractivity contribution is 5.93. The lowest BCUT2D eigenvalue weighted by atomic mass is 10.0. The van der Waals surface area contributed by atoms with Crippen molar-refractivity contribution in [2.45, 2.75) is 26.2 Å². The molecule has 3 aromatic carbocycles. The van der Waals surface area contributed by atoms with Crippen molar-refractivity contribution < 1.29 is 41.0 Å². The summed E-state index contributed by atoms with van der Waals surface area (Å²) in [5.41, 5.74) is 1.14. The molecule has 8 nitrogen and oxygen atoms in total. The highest BCUT2D eigenvalue weighted by Gasteiger charge is 2.19. The molecule has 0 radical (unpaired) electrons. The number of nitriles is 1. The third kappa shape index (κ3) is 7.08. The van der Waals surface area contributed by atoms with Crippen LogP contribution in [0.1, 0.15) is 32.9 Å². The van der Waals surface area contributed by atoms with Gasteiger partial charge in [-0.05, 0) is 54.1 Å². The molecule has 0 atom stereocenters. The minimum Gasteiger partial charge on any atom is -0.473 e. The van der Waals surface area contributed by atoms with Crippen LogP contribution in [0, 0.1) is 28.8 Å². The minimum atomic E-state index is -3.01. The number of hydrogen-bond donors (Lipinski definition) is 0. The summed E-state index contributed by atoms with van der Waals surface area (Å²) in [7, 11) is 1.21. The fraction of sp³-hybridized carbons (Fsp3) is 0.188. The van der Waals surface area contributed by atoms with Crippen molar-refractivity contribution in [1.82, 2.24) is 14.5 Å². The Kier molecular flexibility index (Phi) is 9.34. The number of ether oxygens (including phenoxy) is 3. The Morgan fingerprint density at radius 2 is 1.76 bits per heavy atom. The zero-order valence-electron chi connectivity index (χ0n) is 23.6. The Morgan fingerprint density at radius 1 is 0.956 bits per heavy atom. The highest BCUT2D eigenvalue weighted by Crippen LogP contribution is 2.28. The van der Waals surface area contributed by atoms with Gasteiger partial charge in [0.15, 0.2) is 0 Å². The Morgan fingerprint density at radius 3 is 2.49 bits per heavy atom. The van der Waals surface area contributed by atoms with Gasteiger partial charge in [0.25, 0.3) is 0 Å². The second kappa shape index (κ2) is 13.5. The summed E-state index contributed by atoms with van der Waals surface area (Å²) in [5.74, 6) is -2.58. The third-order valence-corrected chi connectivity index (χ3v) is 6.85. The summed E-state index contributed by atoms with van der Waals surface area (Å²) in [6.07, 6.45) is -0.216. The van der Waals surface area contributed by atoms with Crippen LogP contribution in [0.25, 0.3) is 22.3 Å². The molecule has 5 rings (SSSR count). The van der Waals surface area contributed by atoms with Gasteiger partial charge in [-0.15, -0.1) is 0 Å². The molecule has 2 heterocycles. The van der Waals surface area contributed by atoms with Crippen LogP contribution in [0.4, 0.5) is 22.0 Å². The minimum absolute atomic E-state index is 0.0335. The molecule has 2 aromatic heterocycles. The molecule has 0 amide bonds. The van der Waals surface area contributed by atoms with E-state index < -0.39 is 36.6 Å². The number of carbonyl (C=O) groups is 1. The quantitative estimate of drug-likeness (QED) is 0.121. The van der Waals surface area contributed by atoms with Crippen molar-refractivity contribution in [3.63, 3.8) is 0 Å². The number of imidazole rings is 1. The maximum Gasteiger partial charge on any atom is 0.345 e. The lowest BCUT2D eigenvalue weighted by Crippen LogP contribution is -2.13. The molecule has 0 fully saturated rings. The number of benzene rings is 3. The van der Waals surface area contributed by atoms with E-state index in [1.165, 1.54) is 60.2 Å². The Bertz CT molecular complexity index is 1920. The summed E-state index contributed by atoms with van der Waals surface area (Å²) in [6.45, 7) is -3.74. The topological polar surface area (TPSA) is 99.3 Å². The van der Waals surface area contributed by atoms with Crippen molar-refractivity contribution in [2.24, 2.45) is 0 Å². The Labute approximate surface area is 253 Å². The van der Waals surface area contributed by atoms with Crippen molar-refractivity contribution in [2.75, 3.05) is 13.7 Å². The number of alkyl halides is 2. The van der Waals surface area contributed by atoms with Crippen LogP contribution in [-0.2, 0) is 29.0 Å². The van der Waals surface area contributed by atoms with Gasteiger partial charge in [0.05, 0.1) is 47.6 Å². The van der Waals surface area contributed by atoms with Crippen LogP contribution in [0.2, 0.25) is 0 Å². The number of esters is 1. The fourth-order valence-electron chi connectivity index (χ4n) is 4.66. The SMILES string of the molecule is COC(=O)c1ccc2nc(Cc3cc(F)c(-c4cccc(OCc5ccc(C#N)cc5F)n4)cc3F)n(CCOC(F)F)c2c1. The molecule has 0 aliphatic heterocycles. The molecular formula is C32H23F5N4O4. The van der Waals surface area contributed by atoms with Gasteiger partial charge in [0.2, 0.25) is 5.88 Å². The van der Waals surface area contributed by atoms with E-state index >= 15 is 8.78 Å². The van der Waals surface area contributed by atoms with Gasteiger partial charge in [0, 0.05) is 30.2 Å². The molecule has 0 unspecified atom stereocenters. The fourth-order valence-corrected chi connectivity index (χ4v) is 4.66. The second-order valence-electron chi connectivity index (χ2n) is 9.67. The average Bonchev–Trinajstić information content (AvgIpc) is 3.37. The van der Waals surface area contributed by atoms with E-state index in [1.807, 2.05) is 6.07 Å². The van der Waals surface area contributed by atoms with E-state index in [1.54, 1.807) is 0 Å². The van der Waals surface area contributed by atoms with Crippen molar-refractivity contribution in [1.29, 1.82) is 5.26 Å². The van der Waals surface area contributed by atoms with Crippen LogP contribution in [0.5, 0.6) is 5.88 Å². The number of pyridine rings is 1. The number of nitrogens with zero attached hydrogens (tertiary/aromatic N) is 4. The maximum atomic E-state index is 15.4. The smallest absolute Gasteiger partial charge is 0.345 e. The molecule has 0 N–H and O–H groups in total. The van der Waals surface area contributed by atoms with Gasteiger partial charge in [-0.1, -0.05) is 12.1 Å². The predicted molar refractivity (Wildman–Crippen MR) is 151 cm³/mol. The van der Waals surface area contributed by atoms with Gasteiger partial charge in [-0.25, -0.2) is 27.9 Å². The first-order valence-electron chi connectivity index (χ1n) is 13.4. The van der Waals surface area contributed by atoms with Crippen LogP contribution in [0.15, 0.2) is 66.7 Å². The molecule has 0 saturated carbocycles. The Balaban J connectivity index is 1.40. The molecule has 0 saturated heterocycles. The van der Waals surface area contributed by atoms with E-state index in [0.29, 0.717) is 11.0 Å². The number of carbonyl (C=O) groups excluding carboxylic acids is 1. The molecule has 0 bridgehead atoms. The van der Waals surface area contributed by atoms with Crippen LogP contribution in [0.3, 0.4) is 0 Å². The lowest BCUT2D eigenvalue weighted by Gasteiger charge is -2.12. The highest BCUT2D eigenvalue weighted by atomic mass is 19.3. The largest absolute Gasteiger partial charge is 0.473 e. The van der Waals surface area contributed by atoms with Crippen LogP contribution in [-0.4, -0.2) is 40.8 Å². The lowest BCUT2D eigenvalue weighted by molar-refractivity contribution is -0.130. The van der Waals surface area contributed by atoms with E-state index in [-0.39, 0.29) is 64.8 Å². The summed E-state index contributed by atoms with van der Waals surface area (Å²) in [4.78, 5) is 20.7. The first-order chi connectivity index (χ1) is 21.7. The molecular weight excluding hydrogens is 599 g/mol. The summed E-state index contributed by atoms with van der Waals surface area (Å²) in [6, 6.07) is 16.7. The summed E-state index contributed by atoms with van der Waals surface area (Å²) < 4.78 is 86.6. The van der Waals surface area contributed by atoms with Gasteiger partial charge in [0.1, 0.15) is 29.9 Å². The van der Waals surface area contributed by atoms with Gasteiger partial charge in [-0.2, -0.15) is 14.0 Å². The molecule has 45 heavy (non-hydrogen) atoms. The molecule has 0 aliphatic rings. The van der Waals surface area contributed by atoms with Crippen molar-refractivity contribution >= 4 is 17.0 Å². The molecule has 13 heteroatoms. The van der Waals surface area contributed by atoms with Gasteiger partial charge < -0.3 is 18.8 Å². The third-order valence-electron chi connectivity index (χ3n) is 6.85. The average molecular weight is 623 g/mol. The van der Waals surface area contributed by atoms with E-state index in [0.717, 1.165) is 18.2 Å². The molecule has 230 valence electrons. The predicted octanol–water partition coefficient (Wildman–Crippen LogP) is 6.58.